The van der Waals surface area contributed by atoms with Crippen LogP contribution in [0.25, 0.3) is 33.4 Å². The number of hydrogen-bond donors (Lipinski definition) is 2. The Balaban J connectivity index is 0.000000210. The summed E-state index contributed by atoms with van der Waals surface area (Å²) in [6, 6.07) is 22.3. The number of fused-ring (bicyclic) bond motifs is 2. The number of carbonyl (C=O) groups excluding carboxylic acids is 3. The SMILES string of the molecule is CCNc1cc2oc3cc(=[NH+]CC)c(C)cc-3c(-c3ccccc3C(=O)OC)c2cc1C.O=C([O-])C1=NN(c2ccc(S(=O)(=O)[O-])cc2)C(=O)C1N=Nc1ccc(S(=O)(=O)[O-])cc1. The number of rotatable bonds is 11. The molecular formula is C43H38N6O12S2-2. The Hall–Kier alpha value is -7.13. The maximum absolute atomic E-state index is 12.6. The number of hydrazone groups is 1. The summed E-state index contributed by atoms with van der Waals surface area (Å²) in [6.45, 7) is 9.95. The quantitative estimate of drug-likeness (QED) is 0.0820. The van der Waals surface area contributed by atoms with Gasteiger partial charge >= 0.3 is 5.97 Å². The number of carbonyl (C=O) groups is 3. The van der Waals surface area contributed by atoms with Crippen molar-refractivity contribution in [3.05, 3.63) is 119 Å². The van der Waals surface area contributed by atoms with Crippen molar-refractivity contribution < 1.29 is 59.6 Å². The largest absolute Gasteiger partial charge is 0.744 e. The lowest BCUT2D eigenvalue weighted by atomic mass is 9.89. The molecule has 0 saturated carbocycles. The van der Waals surface area contributed by atoms with Crippen LogP contribution >= 0.6 is 0 Å². The number of nitrogens with one attached hydrogen (secondary N) is 2. The second kappa shape index (κ2) is 18.5. The van der Waals surface area contributed by atoms with Gasteiger partial charge in [0.05, 0.1) is 45.9 Å². The Bertz CT molecular complexity index is 3090. The van der Waals surface area contributed by atoms with Gasteiger partial charge in [0.15, 0.2) is 6.04 Å². The summed E-state index contributed by atoms with van der Waals surface area (Å²) in [5.74, 6) is -2.37. The molecule has 2 heterocycles. The highest BCUT2D eigenvalue weighted by Gasteiger charge is 2.38. The molecule has 20 heteroatoms. The van der Waals surface area contributed by atoms with E-state index in [2.05, 4.69) is 65.5 Å². The van der Waals surface area contributed by atoms with E-state index >= 15 is 0 Å². The van der Waals surface area contributed by atoms with Crippen LogP contribution in [0.4, 0.5) is 17.1 Å². The fourth-order valence-corrected chi connectivity index (χ4v) is 7.62. The van der Waals surface area contributed by atoms with Crippen molar-refractivity contribution in [1.82, 2.24) is 0 Å². The van der Waals surface area contributed by atoms with Crippen molar-refractivity contribution in [3.8, 4) is 22.5 Å². The van der Waals surface area contributed by atoms with Gasteiger partial charge in [-0.05, 0) is 106 Å². The molecule has 0 bridgehead atoms. The van der Waals surface area contributed by atoms with Gasteiger partial charge in [0.2, 0.25) is 5.36 Å². The molecule has 326 valence electrons. The Morgan fingerprint density at radius 2 is 1.51 bits per heavy atom. The van der Waals surface area contributed by atoms with Crippen LogP contribution in [0.2, 0.25) is 0 Å². The van der Waals surface area contributed by atoms with Crippen molar-refractivity contribution in [2.45, 2.75) is 43.5 Å². The summed E-state index contributed by atoms with van der Waals surface area (Å²) >= 11 is 0. The van der Waals surface area contributed by atoms with Gasteiger partial charge in [0, 0.05) is 40.4 Å². The predicted octanol–water partition coefficient (Wildman–Crippen LogP) is 3.14. The van der Waals surface area contributed by atoms with Crippen molar-refractivity contribution in [2.75, 3.05) is 30.5 Å². The summed E-state index contributed by atoms with van der Waals surface area (Å²) < 4.78 is 77.2. The summed E-state index contributed by atoms with van der Waals surface area (Å²) in [5, 5.41) is 28.3. The molecule has 1 amide bonds. The van der Waals surface area contributed by atoms with Crippen LogP contribution in [-0.4, -0.2) is 75.7 Å². The van der Waals surface area contributed by atoms with E-state index in [0.717, 1.165) is 117 Å². The minimum absolute atomic E-state index is 0.0151. The van der Waals surface area contributed by atoms with Crippen molar-refractivity contribution >= 4 is 71.8 Å². The van der Waals surface area contributed by atoms with Crippen molar-refractivity contribution in [3.63, 3.8) is 0 Å². The average Bonchev–Trinajstić information content (AvgIpc) is 3.58. The van der Waals surface area contributed by atoms with E-state index in [4.69, 9.17) is 9.15 Å². The standard InChI is InChI=1S/C27H28N2O3.C16H12N4O9S2/c1-6-28-22-14-24-20(12-16(22)3)26(18-10-8-9-11-19(18)27(30)31-5)21-13-17(4)23(29-7-2)15-25(21)32-24;21-15-13(18-17-9-1-5-11(6-2-9)30(24,25)26)14(16(22)23)19-20(15)10-3-7-12(8-4-10)31(27,28)29/h8-15,28H,6-7H2,1-5H3;1-8,13H,(H,22,23)(H,24,25,26)(H,27,28,29)/p-2. The molecule has 3 aliphatic rings. The number of benzene rings is 5. The van der Waals surface area contributed by atoms with E-state index in [9.17, 15) is 45.4 Å². The molecule has 0 aromatic heterocycles. The molecule has 0 saturated heterocycles. The molecule has 1 aliphatic carbocycles. The van der Waals surface area contributed by atoms with Crippen LogP contribution in [0.3, 0.4) is 0 Å². The molecule has 2 N–H and O–H groups in total. The van der Waals surface area contributed by atoms with E-state index in [1.807, 2.05) is 36.4 Å². The lowest BCUT2D eigenvalue weighted by Gasteiger charge is -2.19. The lowest BCUT2D eigenvalue weighted by molar-refractivity contribution is -0.496. The van der Waals surface area contributed by atoms with Crippen LogP contribution < -0.4 is 25.8 Å². The molecule has 7 rings (SSSR count). The van der Waals surface area contributed by atoms with Gasteiger partial charge in [0.1, 0.15) is 43.8 Å². The molecular weight excluding hydrogens is 857 g/mol. The molecule has 63 heavy (non-hydrogen) atoms. The number of hydrogen-bond acceptors (Lipinski definition) is 16. The summed E-state index contributed by atoms with van der Waals surface area (Å²) in [6.07, 6.45) is 0. The normalized spacial score (nSPS) is 14.5. The van der Waals surface area contributed by atoms with Crippen LogP contribution in [0, 0.1) is 13.8 Å². The number of ether oxygens (including phenoxy) is 1. The molecule has 0 spiro atoms. The van der Waals surface area contributed by atoms with Crippen LogP contribution in [0.1, 0.15) is 35.3 Å². The number of carboxylic acids is 1. The summed E-state index contributed by atoms with van der Waals surface area (Å²) in [5.41, 5.74) is 6.52. The number of aryl methyl sites for hydroxylation is 2. The third-order valence-electron chi connectivity index (χ3n) is 9.65. The third kappa shape index (κ3) is 9.84. The van der Waals surface area contributed by atoms with Gasteiger partial charge < -0.3 is 33.5 Å². The zero-order valence-corrected chi connectivity index (χ0v) is 35.9. The second-order valence-electron chi connectivity index (χ2n) is 13.8. The lowest BCUT2D eigenvalue weighted by Crippen LogP contribution is -2.76. The summed E-state index contributed by atoms with van der Waals surface area (Å²) in [7, 11) is -7.99. The molecule has 4 aromatic rings. The number of methoxy groups -OCH3 is 1. The Labute approximate surface area is 361 Å². The first-order valence-electron chi connectivity index (χ1n) is 19.0. The number of anilines is 2. The molecule has 0 fully saturated rings. The third-order valence-corrected chi connectivity index (χ3v) is 11.3. The maximum Gasteiger partial charge on any atom is 0.338 e. The van der Waals surface area contributed by atoms with Crippen LogP contribution in [0.15, 0.2) is 127 Å². The number of azo groups is 1. The number of amides is 1. The van der Waals surface area contributed by atoms with Gasteiger partial charge in [-0.15, -0.1) is 0 Å². The Morgan fingerprint density at radius 1 is 0.873 bits per heavy atom. The predicted molar refractivity (Wildman–Crippen MR) is 225 cm³/mol. The fraction of sp³-hybridized carbons (Fsp3) is 0.186. The molecule has 18 nitrogen and oxygen atoms in total. The Morgan fingerprint density at radius 3 is 2.10 bits per heavy atom. The smallest absolute Gasteiger partial charge is 0.338 e. The number of aliphatic carboxylic acids is 1. The minimum Gasteiger partial charge on any atom is -0.744 e. The second-order valence-corrected chi connectivity index (χ2v) is 16.6. The number of esters is 1. The van der Waals surface area contributed by atoms with E-state index in [-0.39, 0.29) is 17.3 Å². The molecule has 4 aromatic carbocycles. The summed E-state index contributed by atoms with van der Waals surface area (Å²) in [4.78, 5) is 38.9. The Kier molecular flexibility index (Phi) is 13.3. The number of carboxylic acid groups (broad SMARTS) is 1. The highest BCUT2D eigenvalue weighted by Crippen LogP contribution is 2.43. The van der Waals surface area contributed by atoms with Crippen molar-refractivity contribution in [1.29, 1.82) is 0 Å². The zero-order valence-electron chi connectivity index (χ0n) is 34.2. The van der Waals surface area contributed by atoms with Gasteiger partial charge in [0.25, 0.3) is 5.91 Å². The maximum atomic E-state index is 12.6. The average molecular weight is 895 g/mol. The topological polar surface area (TPSA) is 277 Å². The molecule has 2 aliphatic heterocycles. The van der Waals surface area contributed by atoms with Gasteiger partial charge in [-0.1, -0.05) is 18.2 Å². The van der Waals surface area contributed by atoms with E-state index in [1.54, 1.807) is 0 Å². The zero-order chi connectivity index (χ0) is 45.8. The van der Waals surface area contributed by atoms with Gasteiger partial charge in [-0.2, -0.15) is 20.3 Å². The molecule has 0 radical (unpaired) electrons. The first kappa shape index (κ1) is 45.4. The first-order valence-corrected chi connectivity index (χ1v) is 21.8. The van der Waals surface area contributed by atoms with Crippen LogP contribution in [0.5, 0.6) is 0 Å². The van der Waals surface area contributed by atoms with E-state index in [0.29, 0.717) is 10.6 Å². The van der Waals surface area contributed by atoms with Gasteiger partial charge in [-0.3, -0.25) is 4.79 Å². The number of nitrogens with zero attached hydrogens (tertiary/aromatic N) is 4. The fourth-order valence-electron chi connectivity index (χ4n) is 6.68. The highest BCUT2D eigenvalue weighted by atomic mass is 32.2. The van der Waals surface area contributed by atoms with Crippen LogP contribution in [-0.2, 0) is 34.6 Å². The van der Waals surface area contributed by atoms with E-state index in [1.165, 1.54) is 7.11 Å². The van der Waals surface area contributed by atoms with E-state index < -0.39 is 53.7 Å². The molecule has 1 atom stereocenters. The highest BCUT2D eigenvalue weighted by molar-refractivity contribution is 7.86. The minimum atomic E-state index is -4.73. The monoisotopic (exact) mass is 894 g/mol. The first-order chi connectivity index (χ1) is 29.9. The van der Waals surface area contributed by atoms with Gasteiger partial charge in [-0.25, -0.2) is 26.6 Å². The van der Waals surface area contributed by atoms with Crippen molar-refractivity contribution in [2.24, 2.45) is 15.3 Å². The molecule has 1 unspecified atom stereocenters.